The summed E-state index contributed by atoms with van der Waals surface area (Å²) in [5.41, 5.74) is 2.55. The second-order valence-corrected chi connectivity index (χ2v) is 5.47. The van der Waals surface area contributed by atoms with Crippen molar-refractivity contribution in [3.8, 4) is 5.75 Å². The number of hydrogen-bond donors (Lipinski definition) is 1. The zero-order valence-electron chi connectivity index (χ0n) is 14.0. The Labute approximate surface area is 139 Å². The van der Waals surface area contributed by atoms with E-state index < -0.39 is 4.92 Å². The number of aryl methyl sites for hydroxylation is 3. The van der Waals surface area contributed by atoms with Gasteiger partial charge in [-0.2, -0.15) is 0 Å². The molecule has 1 aromatic carbocycles. The first-order valence-corrected chi connectivity index (χ1v) is 7.52. The van der Waals surface area contributed by atoms with Crippen molar-refractivity contribution in [3.05, 3.63) is 51.2 Å². The van der Waals surface area contributed by atoms with E-state index in [-0.39, 0.29) is 23.9 Å². The summed E-state index contributed by atoms with van der Waals surface area (Å²) < 4.78 is 5.21. The SMILES string of the molecule is CCC(=O)Oc1ccc(Nc2nc(C)cc(C)c2[N+](=O)[O-])cc1C. The van der Waals surface area contributed by atoms with Gasteiger partial charge in [-0.25, -0.2) is 4.98 Å². The summed E-state index contributed by atoms with van der Waals surface area (Å²) >= 11 is 0. The molecule has 0 saturated carbocycles. The zero-order chi connectivity index (χ0) is 17.9. The van der Waals surface area contributed by atoms with E-state index in [0.29, 0.717) is 22.7 Å². The molecule has 0 unspecified atom stereocenters. The molecule has 0 aliphatic carbocycles. The molecule has 0 amide bonds. The van der Waals surface area contributed by atoms with Crippen LogP contribution in [0.2, 0.25) is 0 Å². The van der Waals surface area contributed by atoms with Crippen LogP contribution in [-0.2, 0) is 4.79 Å². The second-order valence-electron chi connectivity index (χ2n) is 5.47. The number of anilines is 2. The zero-order valence-corrected chi connectivity index (χ0v) is 14.0. The lowest BCUT2D eigenvalue weighted by Gasteiger charge is -2.11. The molecular formula is C17H19N3O4. The van der Waals surface area contributed by atoms with Gasteiger partial charge in [-0.05, 0) is 50.6 Å². The summed E-state index contributed by atoms with van der Waals surface area (Å²) in [6.45, 7) is 6.97. The van der Waals surface area contributed by atoms with Crippen LogP contribution in [0.5, 0.6) is 5.75 Å². The van der Waals surface area contributed by atoms with Crippen molar-refractivity contribution in [2.75, 3.05) is 5.32 Å². The number of carbonyl (C=O) groups excluding carboxylic acids is 1. The van der Waals surface area contributed by atoms with Gasteiger partial charge in [-0.1, -0.05) is 6.92 Å². The van der Waals surface area contributed by atoms with Crippen molar-refractivity contribution in [2.45, 2.75) is 34.1 Å². The van der Waals surface area contributed by atoms with Gasteiger partial charge in [-0.3, -0.25) is 14.9 Å². The molecule has 0 saturated heterocycles. The first-order chi connectivity index (χ1) is 11.3. The van der Waals surface area contributed by atoms with Gasteiger partial charge in [0.25, 0.3) is 0 Å². The molecule has 0 atom stereocenters. The van der Waals surface area contributed by atoms with Crippen LogP contribution >= 0.6 is 0 Å². The van der Waals surface area contributed by atoms with Crippen LogP contribution in [0.25, 0.3) is 0 Å². The molecule has 24 heavy (non-hydrogen) atoms. The molecule has 2 aromatic rings. The Balaban J connectivity index is 2.34. The molecule has 1 N–H and O–H groups in total. The Bertz CT molecular complexity index is 803. The average Bonchev–Trinajstić information content (AvgIpc) is 2.48. The number of ether oxygens (including phenoxy) is 1. The van der Waals surface area contributed by atoms with Crippen LogP contribution < -0.4 is 10.1 Å². The predicted octanol–water partition coefficient (Wildman–Crippen LogP) is 3.97. The number of nitrogens with zero attached hydrogens (tertiary/aromatic N) is 2. The van der Waals surface area contributed by atoms with E-state index in [1.54, 1.807) is 52.0 Å². The van der Waals surface area contributed by atoms with E-state index in [2.05, 4.69) is 10.3 Å². The fraction of sp³-hybridized carbons (Fsp3) is 0.294. The molecule has 1 heterocycles. The first kappa shape index (κ1) is 17.4. The van der Waals surface area contributed by atoms with Gasteiger partial charge < -0.3 is 10.1 Å². The van der Waals surface area contributed by atoms with Gasteiger partial charge >= 0.3 is 11.7 Å². The number of pyridine rings is 1. The van der Waals surface area contributed by atoms with Crippen molar-refractivity contribution in [1.29, 1.82) is 0 Å². The number of benzene rings is 1. The highest BCUT2D eigenvalue weighted by atomic mass is 16.6. The highest BCUT2D eigenvalue weighted by Gasteiger charge is 2.20. The molecule has 0 fully saturated rings. The molecule has 0 spiro atoms. The molecule has 0 aliphatic heterocycles. The van der Waals surface area contributed by atoms with E-state index in [9.17, 15) is 14.9 Å². The average molecular weight is 329 g/mol. The van der Waals surface area contributed by atoms with E-state index in [0.717, 1.165) is 5.56 Å². The number of aromatic nitrogens is 1. The van der Waals surface area contributed by atoms with Gasteiger partial charge in [0, 0.05) is 23.4 Å². The lowest BCUT2D eigenvalue weighted by molar-refractivity contribution is -0.384. The summed E-state index contributed by atoms with van der Waals surface area (Å²) in [6.07, 6.45) is 0.290. The smallest absolute Gasteiger partial charge is 0.314 e. The number of hydrogen-bond acceptors (Lipinski definition) is 6. The molecule has 7 heteroatoms. The van der Waals surface area contributed by atoms with Crippen LogP contribution in [0.4, 0.5) is 17.2 Å². The molecule has 7 nitrogen and oxygen atoms in total. The third-order valence-electron chi connectivity index (χ3n) is 3.44. The van der Waals surface area contributed by atoms with E-state index in [1.807, 2.05) is 0 Å². The van der Waals surface area contributed by atoms with Crippen LogP contribution in [0, 0.1) is 30.9 Å². The summed E-state index contributed by atoms with van der Waals surface area (Å²) in [5.74, 6) is 0.343. The number of rotatable bonds is 5. The molecule has 1 aromatic heterocycles. The molecule has 2 rings (SSSR count). The number of nitrogens with one attached hydrogen (secondary N) is 1. The molecule has 0 radical (unpaired) electrons. The van der Waals surface area contributed by atoms with Gasteiger partial charge in [0.15, 0.2) is 0 Å². The monoisotopic (exact) mass is 329 g/mol. The lowest BCUT2D eigenvalue weighted by Crippen LogP contribution is -2.07. The van der Waals surface area contributed by atoms with E-state index >= 15 is 0 Å². The van der Waals surface area contributed by atoms with Crippen molar-refractivity contribution in [3.63, 3.8) is 0 Å². The third-order valence-corrected chi connectivity index (χ3v) is 3.44. The van der Waals surface area contributed by atoms with Crippen LogP contribution in [0.3, 0.4) is 0 Å². The minimum absolute atomic E-state index is 0.0558. The summed E-state index contributed by atoms with van der Waals surface area (Å²) in [7, 11) is 0. The third kappa shape index (κ3) is 3.87. The van der Waals surface area contributed by atoms with Gasteiger partial charge in [-0.15, -0.1) is 0 Å². The number of esters is 1. The minimum Gasteiger partial charge on any atom is -0.426 e. The Kier molecular flexibility index (Phi) is 5.13. The maximum Gasteiger partial charge on any atom is 0.314 e. The topological polar surface area (TPSA) is 94.4 Å². The quantitative estimate of drug-likeness (QED) is 0.386. The molecule has 126 valence electrons. The van der Waals surface area contributed by atoms with E-state index in [1.165, 1.54) is 0 Å². The number of carbonyl (C=O) groups is 1. The Morgan fingerprint density at radius 3 is 2.54 bits per heavy atom. The summed E-state index contributed by atoms with van der Waals surface area (Å²) in [5, 5.41) is 14.3. The number of nitro groups is 1. The second kappa shape index (κ2) is 7.08. The fourth-order valence-electron chi connectivity index (χ4n) is 2.32. The van der Waals surface area contributed by atoms with Crippen molar-refractivity contribution in [1.82, 2.24) is 4.98 Å². The summed E-state index contributed by atoms with van der Waals surface area (Å²) in [4.78, 5) is 26.4. The van der Waals surface area contributed by atoms with Crippen LogP contribution in [-0.4, -0.2) is 15.9 Å². The molecular weight excluding hydrogens is 310 g/mol. The fourth-order valence-corrected chi connectivity index (χ4v) is 2.32. The van der Waals surface area contributed by atoms with Crippen LogP contribution in [0.1, 0.15) is 30.2 Å². The highest BCUT2D eigenvalue weighted by Crippen LogP contribution is 2.31. The largest absolute Gasteiger partial charge is 0.426 e. The van der Waals surface area contributed by atoms with Gasteiger partial charge in [0.05, 0.1) is 4.92 Å². The summed E-state index contributed by atoms with van der Waals surface area (Å²) in [6, 6.07) is 6.76. The standard InChI is InChI=1S/C17H19N3O4/c1-5-15(21)24-14-7-6-13(9-10(14)2)19-17-16(20(22)23)11(3)8-12(4)18-17/h6-9H,5H2,1-4H3,(H,18,19). The Morgan fingerprint density at radius 1 is 1.25 bits per heavy atom. The Morgan fingerprint density at radius 2 is 1.96 bits per heavy atom. The van der Waals surface area contributed by atoms with Crippen molar-refractivity contribution < 1.29 is 14.5 Å². The highest BCUT2D eigenvalue weighted by molar-refractivity contribution is 5.73. The van der Waals surface area contributed by atoms with Gasteiger partial charge in [0.1, 0.15) is 5.75 Å². The van der Waals surface area contributed by atoms with Gasteiger partial charge in [0.2, 0.25) is 5.82 Å². The first-order valence-electron chi connectivity index (χ1n) is 7.52. The molecule has 0 bridgehead atoms. The van der Waals surface area contributed by atoms with Crippen LogP contribution in [0.15, 0.2) is 24.3 Å². The lowest BCUT2D eigenvalue weighted by atomic mass is 10.1. The Hall–Kier alpha value is -2.96. The predicted molar refractivity (Wildman–Crippen MR) is 90.8 cm³/mol. The van der Waals surface area contributed by atoms with Crippen molar-refractivity contribution in [2.24, 2.45) is 0 Å². The molecule has 0 aliphatic rings. The minimum atomic E-state index is -0.450. The van der Waals surface area contributed by atoms with E-state index in [4.69, 9.17) is 4.74 Å². The normalized spacial score (nSPS) is 10.3. The maximum atomic E-state index is 11.4. The maximum absolute atomic E-state index is 11.4. The van der Waals surface area contributed by atoms with Crippen molar-refractivity contribution >= 4 is 23.2 Å².